The molecule has 0 atom stereocenters. The van der Waals surface area contributed by atoms with Gasteiger partial charge in [-0.25, -0.2) is 0 Å². The Morgan fingerprint density at radius 2 is 1.63 bits per heavy atom. The molecular weight excluding hydrogens is 275 g/mol. The topological polar surface area (TPSA) is 49.4 Å². The molecule has 0 saturated carbocycles. The Labute approximate surface area is 106 Å². The number of rotatable bonds is 5. The summed E-state index contributed by atoms with van der Waals surface area (Å²) in [7, 11) is 0. The normalized spacial score (nSPS) is 12.5. The van der Waals surface area contributed by atoms with E-state index in [0.29, 0.717) is 0 Å². The van der Waals surface area contributed by atoms with Crippen molar-refractivity contribution in [3.8, 4) is 0 Å². The third kappa shape index (κ3) is 4.64. The van der Waals surface area contributed by atoms with Gasteiger partial charge >= 0.3 is 18.0 Å². The lowest BCUT2D eigenvalue weighted by Crippen LogP contribution is -2.54. The van der Waals surface area contributed by atoms with E-state index < -0.39 is 37.0 Å². The largest absolute Gasteiger partial charge is 0.463 e. The van der Waals surface area contributed by atoms with E-state index in [9.17, 15) is 31.5 Å². The summed E-state index contributed by atoms with van der Waals surface area (Å²) >= 11 is 0. The van der Waals surface area contributed by atoms with Crippen LogP contribution in [-0.4, -0.2) is 47.9 Å². The van der Waals surface area contributed by atoms with Gasteiger partial charge < -0.3 is 10.2 Å². The number of nitrogens with one attached hydrogen (secondary N) is 1. The Bertz CT molecular complexity index is 341. The smallest absolute Gasteiger partial charge is 0.352 e. The fourth-order valence-corrected chi connectivity index (χ4v) is 1.19. The van der Waals surface area contributed by atoms with Crippen molar-refractivity contribution >= 4 is 11.8 Å². The molecule has 2 amide bonds. The van der Waals surface area contributed by atoms with Crippen molar-refractivity contribution in [2.45, 2.75) is 38.9 Å². The molecule has 0 aromatic heterocycles. The summed E-state index contributed by atoms with van der Waals surface area (Å²) in [6, 6.07) is -0.315. The van der Waals surface area contributed by atoms with Crippen molar-refractivity contribution in [1.82, 2.24) is 10.2 Å². The lowest BCUT2D eigenvalue weighted by Gasteiger charge is -2.26. The van der Waals surface area contributed by atoms with Crippen LogP contribution in [0.5, 0.6) is 0 Å². The first-order chi connectivity index (χ1) is 8.43. The van der Waals surface area contributed by atoms with Crippen molar-refractivity contribution in [2.24, 2.45) is 0 Å². The van der Waals surface area contributed by atoms with E-state index >= 15 is 0 Å². The van der Waals surface area contributed by atoms with Crippen molar-refractivity contribution in [3.63, 3.8) is 0 Å². The molecular formula is C10H15F5N2O2. The number of likely N-dealkylation sites (N-methyl/N-ethyl adjacent to an activating group) is 1. The summed E-state index contributed by atoms with van der Waals surface area (Å²) in [4.78, 5) is 22.6. The van der Waals surface area contributed by atoms with Gasteiger partial charge in [0.25, 0.3) is 0 Å². The number of amides is 2. The Hall–Kier alpha value is -1.41. The van der Waals surface area contributed by atoms with Gasteiger partial charge in [-0.15, -0.1) is 0 Å². The fraction of sp³-hybridized carbons (Fsp3) is 0.800. The van der Waals surface area contributed by atoms with Gasteiger partial charge in [0.2, 0.25) is 5.91 Å². The number of hydrogen-bond donors (Lipinski definition) is 1. The van der Waals surface area contributed by atoms with E-state index in [1.54, 1.807) is 13.8 Å². The van der Waals surface area contributed by atoms with Crippen LogP contribution in [0.25, 0.3) is 0 Å². The van der Waals surface area contributed by atoms with E-state index in [1.165, 1.54) is 6.92 Å². The Balaban J connectivity index is 4.88. The standard InChI is InChI=1S/C10H15F5N2O2/c1-4-17(5-7(18)16-6(2)3)8(19)9(11,12)10(13,14)15/h6H,4-5H2,1-3H3,(H,16,18). The maximum absolute atomic E-state index is 12.8. The second-order valence-corrected chi connectivity index (χ2v) is 4.11. The molecule has 0 bridgehead atoms. The van der Waals surface area contributed by atoms with Crippen LogP contribution in [0.15, 0.2) is 0 Å². The Morgan fingerprint density at radius 3 is 1.95 bits per heavy atom. The van der Waals surface area contributed by atoms with E-state index in [2.05, 4.69) is 5.32 Å². The molecule has 0 aromatic carbocycles. The molecule has 0 aliphatic carbocycles. The monoisotopic (exact) mass is 290 g/mol. The molecule has 0 rings (SSSR count). The molecule has 19 heavy (non-hydrogen) atoms. The van der Waals surface area contributed by atoms with Crippen LogP contribution in [0.2, 0.25) is 0 Å². The fourth-order valence-electron chi connectivity index (χ4n) is 1.19. The highest BCUT2D eigenvalue weighted by atomic mass is 19.4. The van der Waals surface area contributed by atoms with E-state index in [0.717, 1.165) is 0 Å². The third-order valence-electron chi connectivity index (χ3n) is 2.08. The summed E-state index contributed by atoms with van der Waals surface area (Å²) in [5.74, 6) is -8.73. The van der Waals surface area contributed by atoms with Crippen LogP contribution in [-0.2, 0) is 9.59 Å². The minimum absolute atomic E-state index is 0.158. The number of halogens is 5. The highest BCUT2D eigenvalue weighted by Gasteiger charge is 2.64. The number of nitrogens with zero attached hydrogens (tertiary/aromatic N) is 1. The number of carbonyl (C=O) groups is 2. The summed E-state index contributed by atoms with van der Waals surface area (Å²) in [6.45, 7) is 3.09. The highest BCUT2D eigenvalue weighted by Crippen LogP contribution is 2.36. The highest BCUT2D eigenvalue weighted by molar-refractivity contribution is 5.89. The van der Waals surface area contributed by atoms with Crippen LogP contribution >= 0.6 is 0 Å². The second-order valence-electron chi connectivity index (χ2n) is 4.11. The van der Waals surface area contributed by atoms with Gasteiger partial charge in [0.1, 0.15) is 0 Å². The lowest BCUT2D eigenvalue weighted by atomic mass is 10.2. The lowest BCUT2D eigenvalue weighted by molar-refractivity contribution is -0.274. The summed E-state index contributed by atoms with van der Waals surface area (Å²) in [5.41, 5.74) is 0. The molecule has 0 aliphatic heterocycles. The van der Waals surface area contributed by atoms with E-state index in [1.807, 2.05) is 0 Å². The molecule has 0 fully saturated rings. The van der Waals surface area contributed by atoms with Crippen LogP contribution in [0.4, 0.5) is 22.0 Å². The molecule has 112 valence electrons. The van der Waals surface area contributed by atoms with Crippen molar-refractivity contribution < 1.29 is 31.5 Å². The summed E-state index contributed by atoms with van der Waals surface area (Å²) in [5, 5.41) is 2.29. The molecule has 0 heterocycles. The van der Waals surface area contributed by atoms with Crippen LogP contribution in [0, 0.1) is 0 Å². The molecule has 0 aromatic rings. The van der Waals surface area contributed by atoms with Gasteiger partial charge in [0.05, 0.1) is 6.54 Å². The van der Waals surface area contributed by atoms with Crippen LogP contribution in [0.1, 0.15) is 20.8 Å². The van der Waals surface area contributed by atoms with Crippen molar-refractivity contribution in [3.05, 3.63) is 0 Å². The second kappa shape index (κ2) is 6.16. The zero-order chi connectivity index (χ0) is 15.4. The Kier molecular flexibility index (Phi) is 5.70. The summed E-state index contributed by atoms with van der Waals surface area (Å²) in [6.07, 6.45) is -5.98. The quantitative estimate of drug-likeness (QED) is 0.781. The first kappa shape index (κ1) is 17.6. The molecule has 0 radical (unpaired) electrons. The van der Waals surface area contributed by atoms with Crippen LogP contribution in [0.3, 0.4) is 0 Å². The first-order valence-corrected chi connectivity index (χ1v) is 5.46. The van der Waals surface area contributed by atoms with Gasteiger partial charge in [-0.3, -0.25) is 9.59 Å². The van der Waals surface area contributed by atoms with Gasteiger partial charge in [0, 0.05) is 12.6 Å². The number of carbonyl (C=O) groups excluding carboxylic acids is 2. The zero-order valence-electron chi connectivity index (χ0n) is 10.6. The molecule has 1 N–H and O–H groups in total. The molecule has 0 unspecified atom stereocenters. The van der Waals surface area contributed by atoms with Gasteiger partial charge in [-0.1, -0.05) is 0 Å². The van der Waals surface area contributed by atoms with Gasteiger partial charge in [-0.05, 0) is 20.8 Å². The average molecular weight is 290 g/mol. The Morgan fingerprint density at radius 1 is 1.16 bits per heavy atom. The minimum Gasteiger partial charge on any atom is -0.352 e. The predicted molar refractivity (Wildman–Crippen MR) is 56.5 cm³/mol. The molecule has 4 nitrogen and oxygen atoms in total. The average Bonchev–Trinajstić information content (AvgIpc) is 2.22. The molecule has 9 heteroatoms. The van der Waals surface area contributed by atoms with E-state index in [4.69, 9.17) is 0 Å². The summed E-state index contributed by atoms with van der Waals surface area (Å²) < 4.78 is 61.7. The van der Waals surface area contributed by atoms with Crippen LogP contribution < -0.4 is 5.32 Å². The van der Waals surface area contributed by atoms with Crippen molar-refractivity contribution in [2.75, 3.05) is 13.1 Å². The predicted octanol–water partition coefficient (Wildman–Crippen LogP) is 1.56. The SMILES string of the molecule is CCN(CC(=O)NC(C)C)C(=O)C(F)(F)C(F)(F)F. The third-order valence-corrected chi connectivity index (χ3v) is 2.08. The van der Waals surface area contributed by atoms with E-state index in [-0.39, 0.29) is 10.9 Å². The molecule has 0 saturated heterocycles. The minimum atomic E-state index is -5.98. The van der Waals surface area contributed by atoms with Crippen molar-refractivity contribution in [1.29, 1.82) is 0 Å². The first-order valence-electron chi connectivity index (χ1n) is 5.46. The number of hydrogen-bond acceptors (Lipinski definition) is 2. The molecule has 0 aliphatic rings. The van der Waals surface area contributed by atoms with Gasteiger partial charge in [0.15, 0.2) is 0 Å². The number of alkyl halides is 5. The molecule has 0 spiro atoms. The van der Waals surface area contributed by atoms with Gasteiger partial charge in [-0.2, -0.15) is 22.0 Å². The maximum atomic E-state index is 12.8. The maximum Gasteiger partial charge on any atom is 0.463 e. The zero-order valence-corrected chi connectivity index (χ0v) is 10.6.